The van der Waals surface area contributed by atoms with E-state index in [4.69, 9.17) is 9.47 Å². The molecular weight excluding hydrogens is 266 g/mol. The molecule has 2 aromatic carbocycles. The molecule has 4 nitrogen and oxygen atoms in total. The lowest BCUT2D eigenvalue weighted by Crippen LogP contribution is -2.21. The van der Waals surface area contributed by atoms with Gasteiger partial charge in [0.15, 0.2) is 0 Å². The molecule has 0 fully saturated rings. The summed E-state index contributed by atoms with van der Waals surface area (Å²) in [6.45, 7) is 1.11. The minimum Gasteiger partial charge on any atom is -0.497 e. The summed E-state index contributed by atoms with van der Waals surface area (Å²) in [6, 6.07) is 15.3. The Hall–Kier alpha value is -2.04. The second kappa shape index (κ2) is 7.67. The van der Waals surface area contributed by atoms with Crippen molar-refractivity contribution in [1.29, 1.82) is 0 Å². The summed E-state index contributed by atoms with van der Waals surface area (Å²) in [5.74, 6) is 1.54. The molecule has 0 heterocycles. The van der Waals surface area contributed by atoms with Gasteiger partial charge in [-0.1, -0.05) is 36.4 Å². The number of aliphatic hydroxyl groups is 1. The van der Waals surface area contributed by atoms with Crippen LogP contribution in [0.1, 0.15) is 17.2 Å². The van der Waals surface area contributed by atoms with Gasteiger partial charge in [0.05, 0.1) is 20.3 Å². The Morgan fingerprint density at radius 2 is 1.81 bits per heavy atom. The van der Waals surface area contributed by atoms with Gasteiger partial charge in [0.2, 0.25) is 0 Å². The highest BCUT2D eigenvalue weighted by atomic mass is 16.5. The van der Waals surface area contributed by atoms with Crippen LogP contribution in [0.3, 0.4) is 0 Å². The first kappa shape index (κ1) is 15.4. The number of methoxy groups -OCH3 is 2. The average Bonchev–Trinajstić information content (AvgIpc) is 2.55. The summed E-state index contributed by atoms with van der Waals surface area (Å²) >= 11 is 0. The van der Waals surface area contributed by atoms with Crippen LogP contribution in [-0.2, 0) is 6.54 Å². The molecule has 0 bridgehead atoms. The van der Waals surface area contributed by atoms with Crippen molar-refractivity contribution in [2.45, 2.75) is 12.6 Å². The maximum Gasteiger partial charge on any atom is 0.127 e. The second-order valence-electron chi connectivity index (χ2n) is 4.74. The van der Waals surface area contributed by atoms with E-state index < -0.39 is 6.10 Å². The van der Waals surface area contributed by atoms with E-state index in [0.717, 1.165) is 22.6 Å². The molecule has 4 heteroatoms. The molecule has 0 unspecified atom stereocenters. The summed E-state index contributed by atoms with van der Waals surface area (Å²) in [5.41, 5.74) is 1.94. The zero-order valence-corrected chi connectivity index (χ0v) is 12.4. The quantitative estimate of drug-likeness (QED) is 0.821. The van der Waals surface area contributed by atoms with Crippen molar-refractivity contribution in [2.75, 3.05) is 20.8 Å². The number of rotatable bonds is 7. The van der Waals surface area contributed by atoms with Crippen LogP contribution < -0.4 is 14.8 Å². The Bertz CT molecular complexity index is 557. The third kappa shape index (κ3) is 4.21. The van der Waals surface area contributed by atoms with E-state index >= 15 is 0 Å². The third-order valence-corrected chi connectivity index (χ3v) is 3.33. The van der Waals surface area contributed by atoms with Crippen molar-refractivity contribution in [3.8, 4) is 11.5 Å². The first-order valence-electron chi connectivity index (χ1n) is 6.89. The van der Waals surface area contributed by atoms with E-state index in [-0.39, 0.29) is 0 Å². The van der Waals surface area contributed by atoms with Gasteiger partial charge in [-0.05, 0) is 11.6 Å². The van der Waals surface area contributed by atoms with Crippen LogP contribution in [0.2, 0.25) is 0 Å². The van der Waals surface area contributed by atoms with Crippen LogP contribution in [-0.4, -0.2) is 25.9 Å². The summed E-state index contributed by atoms with van der Waals surface area (Å²) in [7, 11) is 3.26. The van der Waals surface area contributed by atoms with Crippen LogP contribution in [0.25, 0.3) is 0 Å². The standard InChI is InChI=1S/C17H21NO3/c1-20-15-9-8-14(17(10-15)21-2)11-18-12-16(19)13-6-4-3-5-7-13/h3-10,16,18-19H,11-12H2,1-2H3/t16-/m1/s1. The van der Waals surface area contributed by atoms with Crippen LogP contribution in [0.5, 0.6) is 11.5 Å². The largest absolute Gasteiger partial charge is 0.497 e. The van der Waals surface area contributed by atoms with E-state index in [1.54, 1.807) is 14.2 Å². The van der Waals surface area contributed by atoms with Crippen molar-refractivity contribution in [3.63, 3.8) is 0 Å². The normalized spacial score (nSPS) is 12.0. The van der Waals surface area contributed by atoms with E-state index in [1.807, 2.05) is 48.5 Å². The molecule has 0 saturated carbocycles. The summed E-state index contributed by atoms with van der Waals surface area (Å²) in [6.07, 6.45) is -0.518. The molecule has 0 saturated heterocycles. The van der Waals surface area contributed by atoms with Crippen LogP contribution in [0.4, 0.5) is 0 Å². The fourth-order valence-electron chi connectivity index (χ4n) is 2.13. The molecule has 0 aliphatic rings. The lowest BCUT2D eigenvalue weighted by atomic mass is 10.1. The molecule has 2 aromatic rings. The molecule has 0 radical (unpaired) electrons. The number of benzene rings is 2. The Morgan fingerprint density at radius 1 is 1.05 bits per heavy atom. The first-order chi connectivity index (χ1) is 10.2. The van der Waals surface area contributed by atoms with Gasteiger partial charge >= 0.3 is 0 Å². The fraction of sp³-hybridized carbons (Fsp3) is 0.294. The van der Waals surface area contributed by atoms with Gasteiger partial charge in [-0.2, -0.15) is 0 Å². The van der Waals surface area contributed by atoms with Gasteiger partial charge in [0.1, 0.15) is 11.5 Å². The van der Waals surface area contributed by atoms with E-state index in [1.165, 1.54) is 0 Å². The van der Waals surface area contributed by atoms with Crippen molar-refractivity contribution < 1.29 is 14.6 Å². The molecule has 0 amide bonds. The van der Waals surface area contributed by atoms with Gasteiger partial charge in [-0.25, -0.2) is 0 Å². The van der Waals surface area contributed by atoms with Gasteiger partial charge in [0.25, 0.3) is 0 Å². The fourth-order valence-corrected chi connectivity index (χ4v) is 2.13. The van der Waals surface area contributed by atoms with Crippen LogP contribution in [0, 0.1) is 0 Å². The van der Waals surface area contributed by atoms with E-state index in [9.17, 15) is 5.11 Å². The van der Waals surface area contributed by atoms with Crippen molar-refractivity contribution in [2.24, 2.45) is 0 Å². The molecule has 0 aliphatic carbocycles. The second-order valence-corrected chi connectivity index (χ2v) is 4.74. The maximum atomic E-state index is 10.1. The monoisotopic (exact) mass is 287 g/mol. The van der Waals surface area contributed by atoms with Gasteiger partial charge in [0, 0.05) is 24.7 Å². The predicted molar refractivity (Wildman–Crippen MR) is 82.7 cm³/mol. The van der Waals surface area contributed by atoms with Crippen molar-refractivity contribution in [3.05, 3.63) is 59.7 Å². The van der Waals surface area contributed by atoms with E-state index in [0.29, 0.717) is 13.1 Å². The van der Waals surface area contributed by atoms with Gasteiger partial charge in [-0.3, -0.25) is 0 Å². The SMILES string of the molecule is COc1ccc(CNC[C@@H](O)c2ccccc2)c(OC)c1. The van der Waals surface area contributed by atoms with E-state index in [2.05, 4.69) is 5.32 Å². The highest BCUT2D eigenvalue weighted by Crippen LogP contribution is 2.24. The smallest absolute Gasteiger partial charge is 0.127 e. The van der Waals surface area contributed by atoms with Crippen molar-refractivity contribution >= 4 is 0 Å². The molecule has 2 N–H and O–H groups in total. The molecule has 21 heavy (non-hydrogen) atoms. The lowest BCUT2D eigenvalue weighted by molar-refractivity contribution is 0.174. The van der Waals surface area contributed by atoms with Gasteiger partial charge in [-0.15, -0.1) is 0 Å². The number of hydrogen-bond acceptors (Lipinski definition) is 4. The Kier molecular flexibility index (Phi) is 5.60. The highest BCUT2D eigenvalue weighted by Gasteiger charge is 2.08. The minimum absolute atomic E-state index is 0.485. The third-order valence-electron chi connectivity index (χ3n) is 3.33. The maximum absolute atomic E-state index is 10.1. The van der Waals surface area contributed by atoms with Crippen LogP contribution >= 0.6 is 0 Å². The average molecular weight is 287 g/mol. The first-order valence-corrected chi connectivity index (χ1v) is 6.89. The highest BCUT2D eigenvalue weighted by molar-refractivity contribution is 5.40. The Labute approximate surface area is 125 Å². The molecule has 0 spiro atoms. The molecule has 2 rings (SSSR count). The summed E-state index contributed by atoms with van der Waals surface area (Å²) < 4.78 is 10.5. The predicted octanol–water partition coefficient (Wildman–Crippen LogP) is 2.53. The lowest BCUT2D eigenvalue weighted by Gasteiger charge is -2.14. The number of ether oxygens (including phenoxy) is 2. The topological polar surface area (TPSA) is 50.7 Å². The number of hydrogen-bond donors (Lipinski definition) is 2. The Morgan fingerprint density at radius 3 is 2.48 bits per heavy atom. The zero-order valence-electron chi connectivity index (χ0n) is 12.4. The summed E-state index contributed by atoms with van der Waals surface area (Å²) in [4.78, 5) is 0. The minimum atomic E-state index is -0.518. The Balaban J connectivity index is 1.91. The molecule has 112 valence electrons. The number of aliphatic hydroxyl groups excluding tert-OH is 1. The number of nitrogens with one attached hydrogen (secondary N) is 1. The molecule has 1 atom stereocenters. The molecule has 0 aromatic heterocycles. The zero-order chi connectivity index (χ0) is 15.1. The van der Waals surface area contributed by atoms with Crippen LogP contribution in [0.15, 0.2) is 48.5 Å². The van der Waals surface area contributed by atoms with Gasteiger partial charge < -0.3 is 19.9 Å². The molecular formula is C17H21NO3. The molecule has 0 aliphatic heterocycles. The summed E-state index contributed by atoms with van der Waals surface area (Å²) in [5, 5.41) is 13.3. The van der Waals surface area contributed by atoms with Crippen molar-refractivity contribution in [1.82, 2.24) is 5.32 Å².